The molecule has 2 nitrogen and oxygen atoms in total. The highest BCUT2D eigenvalue weighted by Crippen LogP contribution is 2.44. The number of aliphatic hydroxyl groups excluding tert-OH is 1. The molecule has 0 aromatic carbocycles. The van der Waals surface area contributed by atoms with E-state index in [2.05, 4.69) is 19.9 Å². The molecule has 1 saturated heterocycles. The predicted molar refractivity (Wildman–Crippen MR) is 69.9 cm³/mol. The highest BCUT2D eigenvalue weighted by atomic mass is 16.5. The van der Waals surface area contributed by atoms with Gasteiger partial charge in [-0.2, -0.15) is 0 Å². The number of ether oxygens (including phenoxy) is 1. The van der Waals surface area contributed by atoms with Crippen LogP contribution in [0.3, 0.4) is 0 Å². The van der Waals surface area contributed by atoms with E-state index in [1.807, 2.05) is 13.8 Å². The minimum Gasteiger partial charge on any atom is -0.390 e. The van der Waals surface area contributed by atoms with E-state index in [1.54, 1.807) is 0 Å². The molecule has 0 saturated carbocycles. The Labute approximate surface area is 105 Å². The Balaban J connectivity index is 2.10. The van der Waals surface area contributed by atoms with Crippen LogP contribution in [0.5, 0.6) is 0 Å². The van der Waals surface area contributed by atoms with Crippen molar-refractivity contribution in [3.63, 3.8) is 0 Å². The van der Waals surface area contributed by atoms with Gasteiger partial charge in [0.15, 0.2) is 0 Å². The van der Waals surface area contributed by atoms with Crippen LogP contribution in [-0.2, 0) is 4.74 Å². The van der Waals surface area contributed by atoms with Crippen LogP contribution >= 0.6 is 0 Å². The molecule has 2 rings (SSSR count). The van der Waals surface area contributed by atoms with Gasteiger partial charge in [0, 0.05) is 0 Å². The largest absolute Gasteiger partial charge is 0.390 e. The number of aliphatic hydroxyl groups is 1. The normalized spacial score (nSPS) is 42.1. The van der Waals surface area contributed by atoms with E-state index >= 15 is 0 Å². The molecule has 0 spiro atoms. The topological polar surface area (TPSA) is 29.5 Å². The Morgan fingerprint density at radius 2 is 2.00 bits per heavy atom. The van der Waals surface area contributed by atoms with Crippen molar-refractivity contribution >= 4 is 0 Å². The van der Waals surface area contributed by atoms with Crippen LogP contribution in [0.4, 0.5) is 0 Å². The summed E-state index contributed by atoms with van der Waals surface area (Å²) in [4.78, 5) is 0. The molecular weight excluding hydrogens is 212 g/mol. The maximum atomic E-state index is 9.97. The molecule has 0 aromatic heterocycles. The third-order valence-corrected chi connectivity index (χ3v) is 4.71. The van der Waals surface area contributed by atoms with Crippen molar-refractivity contribution in [1.29, 1.82) is 0 Å². The smallest absolute Gasteiger partial charge is 0.0891 e. The first-order valence-corrected chi connectivity index (χ1v) is 6.87. The van der Waals surface area contributed by atoms with Gasteiger partial charge in [-0.05, 0) is 65.7 Å². The van der Waals surface area contributed by atoms with Gasteiger partial charge >= 0.3 is 0 Å². The second kappa shape index (κ2) is 4.40. The van der Waals surface area contributed by atoms with E-state index in [1.165, 1.54) is 18.4 Å². The Bertz CT molecular complexity index is 319. The maximum absolute atomic E-state index is 9.97. The fourth-order valence-electron chi connectivity index (χ4n) is 3.30. The summed E-state index contributed by atoms with van der Waals surface area (Å²) >= 11 is 0. The molecule has 1 aliphatic heterocycles. The number of hydrogen-bond donors (Lipinski definition) is 1. The summed E-state index contributed by atoms with van der Waals surface area (Å²) in [5.41, 5.74) is 1.06. The summed E-state index contributed by atoms with van der Waals surface area (Å²) in [6.07, 6.45) is 7.45. The number of rotatable bonds is 1. The highest BCUT2D eigenvalue weighted by molar-refractivity contribution is 5.07. The van der Waals surface area contributed by atoms with Gasteiger partial charge in [-0.1, -0.05) is 11.6 Å². The molecule has 1 heterocycles. The minimum atomic E-state index is -0.400. The van der Waals surface area contributed by atoms with Gasteiger partial charge in [0.2, 0.25) is 0 Å². The van der Waals surface area contributed by atoms with Gasteiger partial charge in [-0.3, -0.25) is 0 Å². The fourth-order valence-corrected chi connectivity index (χ4v) is 3.30. The molecule has 17 heavy (non-hydrogen) atoms. The van der Waals surface area contributed by atoms with Crippen LogP contribution in [0.2, 0.25) is 0 Å². The predicted octanol–water partition coefficient (Wildman–Crippen LogP) is 3.44. The van der Waals surface area contributed by atoms with Crippen LogP contribution < -0.4 is 0 Å². The molecule has 2 heteroatoms. The zero-order chi connectivity index (χ0) is 12.7. The molecule has 1 aliphatic carbocycles. The molecule has 0 bridgehead atoms. The Kier molecular flexibility index (Phi) is 3.39. The first kappa shape index (κ1) is 13.1. The lowest BCUT2D eigenvalue weighted by atomic mass is 9.73. The van der Waals surface area contributed by atoms with Crippen molar-refractivity contribution in [2.75, 3.05) is 0 Å². The average Bonchev–Trinajstić information content (AvgIpc) is 2.24. The van der Waals surface area contributed by atoms with Crippen molar-refractivity contribution in [2.24, 2.45) is 5.92 Å². The summed E-state index contributed by atoms with van der Waals surface area (Å²) < 4.78 is 6.27. The van der Waals surface area contributed by atoms with Gasteiger partial charge in [-0.15, -0.1) is 0 Å². The molecule has 1 fully saturated rings. The second-order valence-corrected chi connectivity index (χ2v) is 6.59. The Morgan fingerprint density at radius 1 is 1.29 bits per heavy atom. The van der Waals surface area contributed by atoms with Crippen LogP contribution in [0.25, 0.3) is 0 Å². The lowest BCUT2D eigenvalue weighted by Gasteiger charge is -2.50. The monoisotopic (exact) mass is 238 g/mol. The van der Waals surface area contributed by atoms with Crippen molar-refractivity contribution < 1.29 is 9.84 Å². The average molecular weight is 238 g/mol. The van der Waals surface area contributed by atoms with E-state index in [-0.39, 0.29) is 11.7 Å². The number of allylic oxidation sites excluding steroid dienone is 2. The first-order valence-electron chi connectivity index (χ1n) is 6.87. The third-order valence-electron chi connectivity index (χ3n) is 4.71. The Morgan fingerprint density at radius 3 is 2.53 bits per heavy atom. The van der Waals surface area contributed by atoms with Crippen molar-refractivity contribution in [3.05, 3.63) is 11.6 Å². The zero-order valence-corrected chi connectivity index (χ0v) is 11.6. The second-order valence-electron chi connectivity index (χ2n) is 6.59. The summed E-state index contributed by atoms with van der Waals surface area (Å²) in [5, 5.41) is 9.97. The highest BCUT2D eigenvalue weighted by Gasteiger charge is 2.46. The van der Waals surface area contributed by atoms with Crippen LogP contribution in [0.1, 0.15) is 59.8 Å². The first-order chi connectivity index (χ1) is 7.83. The summed E-state index contributed by atoms with van der Waals surface area (Å²) in [7, 11) is 0. The van der Waals surface area contributed by atoms with E-state index in [0.717, 1.165) is 19.3 Å². The molecule has 98 valence electrons. The van der Waals surface area contributed by atoms with E-state index in [9.17, 15) is 5.11 Å². The molecule has 1 N–H and O–H groups in total. The van der Waals surface area contributed by atoms with Gasteiger partial charge in [0.25, 0.3) is 0 Å². The van der Waals surface area contributed by atoms with Crippen LogP contribution in [0, 0.1) is 5.92 Å². The summed E-state index contributed by atoms with van der Waals surface area (Å²) in [6.45, 7) is 8.48. The SMILES string of the molecule is CC1=CC[C@H]([C@@]2(C)CC[C@H](O)C(C)(C)O2)CC1. The zero-order valence-electron chi connectivity index (χ0n) is 11.6. The summed E-state index contributed by atoms with van der Waals surface area (Å²) in [6, 6.07) is 0. The lowest BCUT2D eigenvalue weighted by molar-refractivity contribution is -0.233. The van der Waals surface area contributed by atoms with Crippen molar-refractivity contribution in [1.82, 2.24) is 0 Å². The van der Waals surface area contributed by atoms with E-state index in [0.29, 0.717) is 5.92 Å². The molecule has 2 aliphatic rings. The third kappa shape index (κ3) is 2.58. The van der Waals surface area contributed by atoms with Gasteiger partial charge < -0.3 is 9.84 Å². The van der Waals surface area contributed by atoms with E-state index < -0.39 is 5.60 Å². The van der Waals surface area contributed by atoms with Gasteiger partial charge in [-0.25, -0.2) is 0 Å². The summed E-state index contributed by atoms with van der Waals surface area (Å²) in [5.74, 6) is 0.609. The molecular formula is C15H26O2. The lowest BCUT2D eigenvalue weighted by Crippen LogP contribution is -2.55. The maximum Gasteiger partial charge on any atom is 0.0891 e. The van der Waals surface area contributed by atoms with Gasteiger partial charge in [0.05, 0.1) is 17.3 Å². The Hall–Kier alpha value is -0.340. The minimum absolute atomic E-state index is 0.0556. The molecule has 0 amide bonds. The van der Waals surface area contributed by atoms with Crippen LogP contribution in [0.15, 0.2) is 11.6 Å². The quantitative estimate of drug-likeness (QED) is 0.709. The van der Waals surface area contributed by atoms with Crippen molar-refractivity contribution in [3.8, 4) is 0 Å². The number of hydrogen-bond acceptors (Lipinski definition) is 2. The molecule has 0 aromatic rings. The molecule has 0 unspecified atom stereocenters. The fraction of sp³-hybridized carbons (Fsp3) is 0.867. The molecule has 0 radical (unpaired) electrons. The van der Waals surface area contributed by atoms with Crippen molar-refractivity contribution in [2.45, 2.75) is 77.1 Å². The standard InChI is InChI=1S/C15H26O2/c1-11-5-7-12(8-6-11)15(4)10-9-13(16)14(2,3)17-15/h5,12-13,16H,6-10H2,1-4H3/t12-,13-,15+/m0/s1. The molecule has 3 atom stereocenters. The van der Waals surface area contributed by atoms with Crippen LogP contribution in [-0.4, -0.2) is 22.4 Å². The van der Waals surface area contributed by atoms with E-state index in [4.69, 9.17) is 4.74 Å². The van der Waals surface area contributed by atoms with Gasteiger partial charge in [0.1, 0.15) is 0 Å².